The van der Waals surface area contributed by atoms with Crippen LogP contribution in [0.3, 0.4) is 0 Å². The number of hydrogen-bond acceptors (Lipinski definition) is 3. The minimum Gasteiger partial charge on any atom is -0.393 e. The summed E-state index contributed by atoms with van der Waals surface area (Å²) in [7, 11) is 0. The predicted octanol–water partition coefficient (Wildman–Crippen LogP) is 2.94. The zero-order chi connectivity index (χ0) is 18.4. The number of nitrogens with zero attached hydrogens (tertiary/aromatic N) is 1. The molecule has 4 nitrogen and oxygen atoms in total. The summed E-state index contributed by atoms with van der Waals surface area (Å²) >= 11 is 0. The molecular weight excluding hydrogens is 326 g/mol. The largest absolute Gasteiger partial charge is 0.393 e. The minimum absolute atomic E-state index is 0.0184. The van der Waals surface area contributed by atoms with Gasteiger partial charge in [0.15, 0.2) is 0 Å². The van der Waals surface area contributed by atoms with E-state index in [0.29, 0.717) is 38.8 Å². The monoisotopic (exact) mass is 353 g/mol. The molecular formula is C22H27NO3. The zero-order valence-corrected chi connectivity index (χ0v) is 15.1. The Balaban J connectivity index is 1.76. The van der Waals surface area contributed by atoms with Crippen molar-refractivity contribution < 1.29 is 15.0 Å². The Morgan fingerprint density at radius 2 is 1.54 bits per heavy atom. The third kappa shape index (κ3) is 4.51. The van der Waals surface area contributed by atoms with E-state index in [2.05, 4.69) is 24.3 Å². The Labute approximate surface area is 155 Å². The van der Waals surface area contributed by atoms with Gasteiger partial charge in [-0.2, -0.15) is 0 Å². The van der Waals surface area contributed by atoms with Crippen molar-refractivity contribution in [2.45, 2.75) is 37.2 Å². The fourth-order valence-corrected chi connectivity index (χ4v) is 3.69. The van der Waals surface area contributed by atoms with Crippen molar-refractivity contribution in [3.05, 3.63) is 71.8 Å². The Bertz CT molecular complexity index is 664. The highest BCUT2D eigenvalue weighted by molar-refractivity contribution is 5.78. The summed E-state index contributed by atoms with van der Waals surface area (Å²) < 4.78 is 0. The van der Waals surface area contributed by atoms with Crippen molar-refractivity contribution in [1.82, 2.24) is 4.90 Å². The van der Waals surface area contributed by atoms with Gasteiger partial charge in [0.1, 0.15) is 0 Å². The molecule has 1 amide bonds. The number of rotatable bonds is 5. The molecule has 26 heavy (non-hydrogen) atoms. The minimum atomic E-state index is -1.05. The fourth-order valence-electron chi connectivity index (χ4n) is 3.69. The molecule has 0 spiro atoms. The number of carbonyl (C=O) groups is 1. The maximum Gasteiger partial charge on any atom is 0.223 e. The van der Waals surface area contributed by atoms with E-state index in [1.54, 1.807) is 0 Å². The Hall–Kier alpha value is -2.17. The lowest BCUT2D eigenvalue weighted by atomic mass is 9.88. The summed E-state index contributed by atoms with van der Waals surface area (Å²) in [6.07, 6.45) is 2.08. The first-order chi connectivity index (χ1) is 12.6. The van der Waals surface area contributed by atoms with Gasteiger partial charge in [-0.15, -0.1) is 0 Å². The van der Waals surface area contributed by atoms with Gasteiger partial charge in [-0.25, -0.2) is 0 Å². The molecule has 1 heterocycles. The number of amides is 1. The molecule has 0 aromatic heterocycles. The average molecular weight is 353 g/mol. The first-order valence-electron chi connectivity index (χ1n) is 9.32. The van der Waals surface area contributed by atoms with Crippen molar-refractivity contribution in [2.75, 3.05) is 19.7 Å². The number of aliphatic hydroxyl groups excluding tert-OH is 1. The van der Waals surface area contributed by atoms with Crippen LogP contribution in [0.1, 0.15) is 42.7 Å². The van der Waals surface area contributed by atoms with Crippen molar-refractivity contribution in [1.29, 1.82) is 0 Å². The lowest BCUT2D eigenvalue weighted by Gasteiger charge is -2.26. The van der Waals surface area contributed by atoms with Gasteiger partial charge in [-0.1, -0.05) is 60.7 Å². The van der Waals surface area contributed by atoms with Gasteiger partial charge in [0.2, 0.25) is 5.91 Å². The van der Waals surface area contributed by atoms with Crippen LogP contribution < -0.4 is 0 Å². The molecule has 4 heteroatoms. The Kier molecular flexibility index (Phi) is 6.07. The van der Waals surface area contributed by atoms with E-state index in [0.717, 1.165) is 11.1 Å². The molecule has 138 valence electrons. The van der Waals surface area contributed by atoms with Crippen LogP contribution in [-0.2, 0) is 4.79 Å². The van der Waals surface area contributed by atoms with Crippen LogP contribution in [0.25, 0.3) is 0 Å². The predicted molar refractivity (Wildman–Crippen MR) is 102 cm³/mol. The lowest BCUT2D eigenvalue weighted by molar-refractivity contribution is -0.131. The van der Waals surface area contributed by atoms with E-state index in [1.165, 1.54) is 0 Å². The van der Waals surface area contributed by atoms with Crippen LogP contribution in [0.5, 0.6) is 0 Å². The van der Waals surface area contributed by atoms with Gasteiger partial charge in [-0.3, -0.25) is 4.79 Å². The summed E-state index contributed by atoms with van der Waals surface area (Å²) in [5.74, 6) is 0.120. The summed E-state index contributed by atoms with van der Waals surface area (Å²) in [4.78, 5) is 14.8. The second kappa shape index (κ2) is 8.47. The van der Waals surface area contributed by atoms with E-state index in [4.69, 9.17) is 0 Å². The highest BCUT2D eigenvalue weighted by atomic mass is 16.3. The second-order valence-electron chi connectivity index (χ2n) is 7.19. The molecule has 1 fully saturated rings. The molecule has 0 saturated carbocycles. The van der Waals surface area contributed by atoms with Gasteiger partial charge in [0, 0.05) is 25.4 Å². The Morgan fingerprint density at radius 3 is 2.08 bits per heavy atom. The molecule has 1 saturated heterocycles. The molecule has 1 aliphatic rings. The van der Waals surface area contributed by atoms with Gasteiger partial charge >= 0.3 is 0 Å². The fraction of sp³-hybridized carbons (Fsp3) is 0.409. The smallest absolute Gasteiger partial charge is 0.223 e. The van der Waals surface area contributed by atoms with E-state index in [-0.39, 0.29) is 18.4 Å². The van der Waals surface area contributed by atoms with E-state index in [1.807, 2.05) is 41.3 Å². The highest BCUT2D eigenvalue weighted by Gasteiger charge is 2.31. The molecule has 2 aromatic carbocycles. The third-order valence-electron chi connectivity index (χ3n) is 5.35. The summed E-state index contributed by atoms with van der Waals surface area (Å²) in [5.41, 5.74) is 1.22. The number of aliphatic hydroxyl groups is 2. The molecule has 2 aromatic rings. The summed E-state index contributed by atoms with van der Waals surface area (Å²) in [6, 6.07) is 20.2. The van der Waals surface area contributed by atoms with Crippen molar-refractivity contribution in [2.24, 2.45) is 0 Å². The Morgan fingerprint density at radius 1 is 0.962 bits per heavy atom. The normalized spacial score (nSPS) is 20.8. The molecule has 1 atom stereocenters. The van der Waals surface area contributed by atoms with Crippen molar-refractivity contribution in [3.63, 3.8) is 0 Å². The average Bonchev–Trinajstić information content (AvgIpc) is 2.90. The molecule has 0 radical (unpaired) electrons. The molecule has 0 bridgehead atoms. The standard InChI is InChI=1S/C22H27NO3/c24-17-22(26)12-7-14-23(15-13-22)21(25)16-20(18-8-3-1-4-9-18)19-10-5-2-6-11-19/h1-6,8-11,20,24,26H,7,12-17H2. The number of likely N-dealkylation sites (tertiary alicyclic amines) is 1. The lowest BCUT2D eigenvalue weighted by Crippen LogP contribution is -2.37. The number of benzene rings is 2. The van der Waals surface area contributed by atoms with Crippen LogP contribution in [0, 0.1) is 0 Å². The number of carbonyl (C=O) groups excluding carboxylic acids is 1. The quantitative estimate of drug-likeness (QED) is 0.869. The molecule has 2 N–H and O–H groups in total. The van der Waals surface area contributed by atoms with Gasteiger partial charge in [0.25, 0.3) is 0 Å². The first kappa shape index (κ1) is 18.6. The van der Waals surface area contributed by atoms with Crippen LogP contribution in [0.2, 0.25) is 0 Å². The van der Waals surface area contributed by atoms with Gasteiger partial charge in [-0.05, 0) is 30.4 Å². The van der Waals surface area contributed by atoms with Crippen molar-refractivity contribution in [3.8, 4) is 0 Å². The topological polar surface area (TPSA) is 60.8 Å². The zero-order valence-electron chi connectivity index (χ0n) is 15.1. The number of hydrogen-bond donors (Lipinski definition) is 2. The molecule has 1 unspecified atom stereocenters. The summed E-state index contributed by atoms with van der Waals surface area (Å²) in [5, 5.41) is 19.7. The first-order valence-corrected chi connectivity index (χ1v) is 9.32. The van der Waals surface area contributed by atoms with Crippen LogP contribution >= 0.6 is 0 Å². The van der Waals surface area contributed by atoms with E-state index < -0.39 is 5.60 Å². The third-order valence-corrected chi connectivity index (χ3v) is 5.35. The molecule has 1 aliphatic heterocycles. The maximum atomic E-state index is 13.0. The van der Waals surface area contributed by atoms with Crippen molar-refractivity contribution >= 4 is 5.91 Å². The maximum absolute atomic E-state index is 13.0. The second-order valence-corrected chi connectivity index (χ2v) is 7.19. The van der Waals surface area contributed by atoms with E-state index in [9.17, 15) is 15.0 Å². The van der Waals surface area contributed by atoms with Gasteiger partial charge in [0.05, 0.1) is 12.2 Å². The van der Waals surface area contributed by atoms with Crippen LogP contribution in [0.15, 0.2) is 60.7 Å². The molecule has 3 rings (SSSR count). The highest BCUT2D eigenvalue weighted by Crippen LogP contribution is 2.29. The molecule has 0 aliphatic carbocycles. The van der Waals surface area contributed by atoms with Crippen LogP contribution in [0.4, 0.5) is 0 Å². The van der Waals surface area contributed by atoms with Crippen LogP contribution in [-0.4, -0.2) is 46.3 Å². The van der Waals surface area contributed by atoms with E-state index >= 15 is 0 Å². The van der Waals surface area contributed by atoms with Gasteiger partial charge < -0.3 is 15.1 Å². The summed E-state index contributed by atoms with van der Waals surface area (Å²) in [6.45, 7) is 0.884. The SMILES string of the molecule is O=C(CC(c1ccccc1)c1ccccc1)N1CCCC(O)(CO)CC1.